The molecule has 0 saturated carbocycles. The molecule has 0 unspecified atom stereocenters. The minimum atomic E-state index is -0.353. The van der Waals surface area contributed by atoms with Crippen LogP contribution < -0.4 is 14.8 Å². The summed E-state index contributed by atoms with van der Waals surface area (Å²) in [6.07, 6.45) is 3.09. The van der Waals surface area contributed by atoms with Crippen molar-refractivity contribution in [3.63, 3.8) is 0 Å². The highest BCUT2D eigenvalue weighted by atomic mass is 35.5. The average molecular weight is 464 g/mol. The van der Waals surface area contributed by atoms with Crippen molar-refractivity contribution in [2.24, 2.45) is 0 Å². The number of aromatic hydroxyl groups is 1. The number of fused-ring (bicyclic) bond motifs is 1. The molecule has 0 spiro atoms. The zero-order chi connectivity index (χ0) is 23.4. The number of amides is 1. The number of phenols is 1. The fraction of sp³-hybridized carbons (Fsp3) is 0.154. The molecular weight excluding hydrogens is 442 g/mol. The second-order valence-electron chi connectivity index (χ2n) is 7.57. The predicted molar refractivity (Wildman–Crippen MR) is 127 cm³/mol. The minimum absolute atomic E-state index is 0.0493. The summed E-state index contributed by atoms with van der Waals surface area (Å²) in [6, 6.07) is 17.0. The Morgan fingerprint density at radius 3 is 2.70 bits per heavy atom. The summed E-state index contributed by atoms with van der Waals surface area (Å²) < 4.78 is 11.1. The van der Waals surface area contributed by atoms with Crippen molar-refractivity contribution in [2.45, 2.75) is 12.8 Å². The number of methoxy groups -OCH3 is 1. The zero-order valence-corrected chi connectivity index (χ0v) is 18.7. The number of ether oxygens (including phenoxy) is 2. The molecule has 0 heterocycles. The quantitative estimate of drug-likeness (QED) is 0.485. The molecule has 1 aliphatic carbocycles. The number of Topliss-reactive ketones (excluding diaryl/α,β-unsaturated/α-hetero) is 1. The van der Waals surface area contributed by atoms with E-state index in [-0.39, 0.29) is 24.0 Å². The summed E-state index contributed by atoms with van der Waals surface area (Å²) in [7, 11) is 1.51. The second-order valence-corrected chi connectivity index (χ2v) is 7.97. The van der Waals surface area contributed by atoms with Gasteiger partial charge in [0, 0.05) is 11.1 Å². The number of anilines is 1. The number of rotatable bonds is 6. The Bertz CT molecular complexity index is 1250. The number of phenolic OH excluding ortho intramolecular Hbond substituents is 1. The monoisotopic (exact) mass is 463 g/mol. The van der Waals surface area contributed by atoms with Gasteiger partial charge in [0.05, 0.1) is 17.8 Å². The van der Waals surface area contributed by atoms with Crippen molar-refractivity contribution >= 4 is 35.1 Å². The van der Waals surface area contributed by atoms with Gasteiger partial charge in [-0.2, -0.15) is 0 Å². The van der Waals surface area contributed by atoms with Crippen molar-refractivity contribution in [3.05, 3.63) is 87.9 Å². The van der Waals surface area contributed by atoms with Crippen LogP contribution in [0.3, 0.4) is 0 Å². The number of carbonyl (C=O) groups is 2. The van der Waals surface area contributed by atoms with E-state index in [1.807, 2.05) is 6.08 Å². The number of aryl methyl sites for hydroxylation is 1. The fourth-order valence-electron chi connectivity index (χ4n) is 3.69. The maximum Gasteiger partial charge on any atom is 0.262 e. The van der Waals surface area contributed by atoms with Crippen LogP contribution in [0, 0.1) is 0 Å². The molecule has 1 amide bonds. The first-order valence-corrected chi connectivity index (χ1v) is 10.7. The molecular formula is C26H22ClNO5. The lowest BCUT2D eigenvalue weighted by Gasteiger charge is -2.18. The molecule has 0 bridgehead atoms. The van der Waals surface area contributed by atoms with Gasteiger partial charge in [-0.3, -0.25) is 9.59 Å². The van der Waals surface area contributed by atoms with Crippen LogP contribution in [0.4, 0.5) is 5.69 Å². The van der Waals surface area contributed by atoms with Crippen molar-refractivity contribution in [1.29, 1.82) is 0 Å². The smallest absolute Gasteiger partial charge is 0.262 e. The van der Waals surface area contributed by atoms with Gasteiger partial charge in [-0.05, 0) is 72.5 Å². The molecule has 2 N–H and O–H groups in total. The third kappa shape index (κ3) is 5.18. The van der Waals surface area contributed by atoms with Gasteiger partial charge in [0.25, 0.3) is 5.91 Å². The lowest BCUT2D eigenvalue weighted by atomic mass is 9.86. The number of nitrogens with one attached hydrogen (secondary N) is 1. The van der Waals surface area contributed by atoms with E-state index in [0.717, 1.165) is 11.1 Å². The van der Waals surface area contributed by atoms with Crippen LogP contribution in [0.25, 0.3) is 6.08 Å². The topological polar surface area (TPSA) is 84.9 Å². The number of ketones is 1. The third-order valence-corrected chi connectivity index (χ3v) is 5.65. The number of carbonyl (C=O) groups excluding carboxylic acids is 2. The van der Waals surface area contributed by atoms with Gasteiger partial charge in [0.15, 0.2) is 23.9 Å². The minimum Gasteiger partial charge on any atom is -0.508 e. The standard InChI is InChI=1S/C26H22ClNO5/c1-32-24-13-16(12-18-8-7-17-14-19(29)9-10-20(17)26(18)31)6-11-23(24)33-15-25(30)28-22-5-3-2-4-21(22)27/h2-6,9-14,29H,7-8,15H2,1H3,(H,28,30)/b18-12+. The van der Waals surface area contributed by atoms with Gasteiger partial charge in [-0.25, -0.2) is 0 Å². The van der Waals surface area contributed by atoms with E-state index in [1.165, 1.54) is 13.2 Å². The highest BCUT2D eigenvalue weighted by molar-refractivity contribution is 6.33. The average Bonchev–Trinajstić information content (AvgIpc) is 2.81. The number of halogens is 1. The molecule has 0 saturated heterocycles. The van der Waals surface area contributed by atoms with Gasteiger partial charge in [-0.1, -0.05) is 29.8 Å². The molecule has 0 atom stereocenters. The van der Waals surface area contributed by atoms with Crippen molar-refractivity contribution in [3.8, 4) is 17.2 Å². The molecule has 3 aromatic rings. The molecule has 33 heavy (non-hydrogen) atoms. The number of benzene rings is 3. The Balaban J connectivity index is 1.46. The summed E-state index contributed by atoms with van der Waals surface area (Å²) in [4.78, 5) is 25.1. The number of para-hydroxylation sites is 1. The molecule has 4 rings (SSSR count). The first-order valence-electron chi connectivity index (χ1n) is 10.4. The van der Waals surface area contributed by atoms with E-state index in [2.05, 4.69) is 5.32 Å². The van der Waals surface area contributed by atoms with Crippen LogP contribution in [0.2, 0.25) is 5.02 Å². The zero-order valence-electron chi connectivity index (χ0n) is 17.9. The van der Waals surface area contributed by atoms with Crippen LogP contribution in [-0.2, 0) is 11.2 Å². The maximum atomic E-state index is 12.8. The van der Waals surface area contributed by atoms with Crippen molar-refractivity contribution in [2.75, 3.05) is 19.0 Å². The molecule has 0 aromatic heterocycles. The van der Waals surface area contributed by atoms with E-state index in [1.54, 1.807) is 54.6 Å². The van der Waals surface area contributed by atoms with Crippen LogP contribution in [0.1, 0.15) is 27.9 Å². The van der Waals surface area contributed by atoms with Gasteiger partial charge >= 0.3 is 0 Å². The van der Waals surface area contributed by atoms with Gasteiger partial charge in [0.2, 0.25) is 0 Å². The molecule has 1 aliphatic rings. The maximum absolute atomic E-state index is 12.8. The van der Waals surface area contributed by atoms with E-state index in [4.69, 9.17) is 21.1 Å². The molecule has 0 aliphatic heterocycles. The van der Waals surface area contributed by atoms with Crippen LogP contribution >= 0.6 is 11.6 Å². The van der Waals surface area contributed by atoms with E-state index in [9.17, 15) is 14.7 Å². The molecule has 0 fully saturated rings. The van der Waals surface area contributed by atoms with Gasteiger partial charge < -0.3 is 19.9 Å². The van der Waals surface area contributed by atoms with Gasteiger partial charge in [0.1, 0.15) is 5.75 Å². The fourth-order valence-corrected chi connectivity index (χ4v) is 3.87. The largest absolute Gasteiger partial charge is 0.508 e. The van der Waals surface area contributed by atoms with Crippen LogP contribution in [0.15, 0.2) is 66.2 Å². The highest BCUT2D eigenvalue weighted by Crippen LogP contribution is 2.32. The van der Waals surface area contributed by atoms with Crippen molar-refractivity contribution in [1.82, 2.24) is 0 Å². The number of allylic oxidation sites excluding steroid dienone is 1. The second kappa shape index (κ2) is 9.79. The molecule has 168 valence electrons. The molecule has 0 radical (unpaired) electrons. The molecule has 3 aromatic carbocycles. The van der Waals surface area contributed by atoms with E-state index >= 15 is 0 Å². The third-order valence-electron chi connectivity index (χ3n) is 5.32. The number of hydrogen-bond donors (Lipinski definition) is 2. The van der Waals surface area contributed by atoms with E-state index < -0.39 is 0 Å². The Morgan fingerprint density at radius 1 is 1.09 bits per heavy atom. The molecule has 6 nitrogen and oxygen atoms in total. The summed E-state index contributed by atoms with van der Waals surface area (Å²) in [5, 5.41) is 12.8. The van der Waals surface area contributed by atoms with Gasteiger partial charge in [-0.15, -0.1) is 0 Å². The lowest BCUT2D eigenvalue weighted by Crippen LogP contribution is -2.20. The summed E-state index contributed by atoms with van der Waals surface area (Å²) in [5.41, 5.74) is 3.44. The Kier molecular flexibility index (Phi) is 6.66. The van der Waals surface area contributed by atoms with Crippen LogP contribution in [0.5, 0.6) is 17.2 Å². The highest BCUT2D eigenvalue weighted by Gasteiger charge is 2.22. The summed E-state index contributed by atoms with van der Waals surface area (Å²) in [5.74, 6) is 0.615. The first kappa shape index (κ1) is 22.4. The Hall–Kier alpha value is -3.77. The SMILES string of the molecule is COc1cc(/C=C2\CCc3cc(O)ccc3C2=O)ccc1OCC(=O)Nc1ccccc1Cl. The number of hydrogen-bond acceptors (Lipinski definition) is 5. The Labute approximate surface area is 196 Å². The van der Waals surface area contributed by atoms with Crippen molar-refractivity contribution < 1.29 is 24.2 Å². The normalized spacial score (nSPS) is 14.0. The van der Waals surface area contributed by atoms with Crippen LogP contribution in [-0.4, -0.2) is 30.5 Å². The summed E-state index contributed by atoms with van der Waals surface area (Å²) in [6.45, 7) is -0.218. The molecule has 7 heteroatoms. The first-order chi connectivity index (χ1) is 15.9. The lowest BCUT2D eigenvalue weighted by molar-refractivity contribution is -0.118. The Morgan fingerprint density at radius 2 is 1.91 bits per heavy atom. The predicted octanol–water partition coefficient (Wildman–Crippen LogP) is 5.28. The van der Waals surface area contributed by atoms with E-state index in [0.29, 0.717) is 46.2 Å². The summed E-state index contributed by atoms with van der Waals surface area (Å²) >= 11 is 6.06.